The molecule has 4 rings (SSSR count). The Morgan fingerprint density at radius 2 is 1.89 bits per heavy atom. The maximum atomic E-state index is 12.8. The summed E-state index contributed by atoms with van der Waals surface area (Å²) >= 11 is 5.82. The van der Waals surface area contributed by atoms with Crippen molar-refractivity contribution in [3.63, 3.8) is 0 Å². The lowest BCUT2D eigenvalue weighted by Crippen LogP contribution is -2.25. The molecule has 0 atom stereocenters. The molecule has 180 valence electrons. The van der Waals surface area contributed by atoms with E-state index in [-0.39, 0.29) is 29.5 Å². The summed E-state index contributed by atoms with van der Waals surface area (Å²) in [6, 6.07) is 10.1. The van der Waals surface area contributed by atoms with Gasteiger partial charge in [0.2, 0.25) is 0 Å². The van der Waals surface area contributed by atoms with E-state index in [0.717, 1.165) is 5.56 Å². The van der Waals surface area contributed by atoms with Gasteiger partial charge in [0.15, 0.2) is 10.7 Å². The Morgan fingerprint density at radius 1 is 1.11 bits per heavy atom. The van der Waals surface area contributed by atoms with E-state index in [1.807, 2.05) is 6.92 Å². The van der Waals surface area contributed by atoms with Crippen LogP contribution in [0.3, 0.4) is 0 Å². The number of carbonyl (C=O) groups is 2. The Kier molecular flexibility index (Phi) is 6.92. The normalized spacial score (nSPS) is 10.8. The number of rotatable bonds is 9. The van der Waals surface area contributed by atoms with Crippen LogP contribution in [0.2, 0.25) is 5.02 Å². The highest BCUT2D eigenvalue weighted by Gasteiger charge is 2.21. The molecule has 35 heavy (non-hydrogen) atoms. The van der Waals surface area contributed by atoms with Crippen LogP contribution in [0.15, 0.2) is 59.5 Å². The van der Waals surface area contributed by atoms with Crippen molar-refractivity contribution in [2.75, 3.05) is 5.32 Å². The zero-order valence-electron chi connectivity index (χ0n) is 18.5. The van der Waals surface area contributed by atoms with Crippen molar-refractivity contribution in [3.8, 4) is 0 Å². The average Bonchev–Trinajstić information content (AvgIpc) is 3.58. The number of hydrogen-bond acceptors (Lipinski definition) is 7. The predicted molar refractivity (Wildman–Crippen MR) is 125 cm³/mol. The monoisotopic (exact) mass is 497 g/mol. The molecule has 12 nitrogen and oxygen atoms in total. The van der Waals surface area contributed by atoms with Crippen LogP contribution in [-0.2, 0) is 19.6 Å². The van der Waals surface area contributed by atoms with Gasteiger partial charge in [-0.15, -0.1) is 0 Å². The smallest absolute Gasteiger partial charge is 0.408 e. The number of nitro groups is 1. The van der Waals surface area contributed by atoms with Crippen LogP contribution in [-0.4, -0.2) is 36.3 Å². The number of anilines is 1. The zero-order chi connectivity index (χ0) is 24.9. The SMILES string of the molecule is CCn1cc(NC(=O)c2ccc(Cn3cc(Cl)c([N+](=O)[O-])n3)cc2)c(C(=O)NCc2ccco2)n1. The molecule has 0 unspecified atom stereocenters. The summed E-state index contributed by atoms with van der Waals surface area (Å²) < 4.78 is 8.11. The van der Waals surface area contributed by atoms with Crippen molar-refractivity contribution >= 4 is 34.9 Å². The number of furan rings is 1. The van der Waals surface area contributed by atoms with Crippen LogP contribution in [0, 0.1) is 10.1 Å². The fourth-order valence-corrected chi connectivity index (χ4v) is 3.46. The van der Waals surface area contributed by atoms with Gasteiger partial charge in [0.1, 0.15) is 5.76 Å². The highest BCUT2D eigenvalue weighted by Crippen LogP contribution is 2.22. The number of aromatic nitrogens is 4. The molecule has 0 radical (unpaired) electrons. The molecule has 0 saturated carbocycles. The lowest BCUT2D eigenvalue weighted by Gasteiger charge is -2.07. The molecular formula is C22H20ClN7O5. The van der Waals surface area contributed by atoms with Crippen LogP contribution in [0.4, 0.5) is 11.5 Å². The topological polar surface area (TPSA) is 150 Å². The summed E-state index contributed by atoms with van der Waals surface area (Å²) in [4.78, 5) is 35.7. The third-order valence-corrected chi connectivity index (χ3v) is 5.25. The second-order valence-electron chi connectivity index (χ2n) is 7.42. The van der Waals surface area contributed by atoms with Crippen LogP contribution < -0.4 is 10.6 Å². The minimum absolute atomic E-state index is 0.0531. The van der Waals surface area contributed by atoms with Crippen molar-refractivity contribution < 1.29 is 18.9 Å². The van der Waals surface area contributed by atoms with E-state index in [1.54, 1.807) is 47.3 Å². The Morgan fingerprint density at radius 3 is 2.51 bits per heavy atom. The third-order valence-electron chi connectivity index (χ3n) is 4.99. The molecule has 0 fully saturated rings. The summed E-state index contributed by atoms with van der Waals surface area (Å²) in [5.41, 5.74) is 1.47. The molecule has 2 N–H and O–H groups in total. The number of halogens is 1. The van der Waals surface area contributed by atoms with Gasteiger partial charge in [0.25, 0.3) is 11.8 Å². The molecule has 3 heterocycles. The van der Waals surface area contributed by atoms with Crippen LogP contribution in [0.25, 0.3) is 0 Å². The molecule has 0 aliphatic heterocycles. The molecule has 0 aliphatic rings. The van der Waals surface area contributed by atoms with Crippen molar-refractivity contribution in [2.45, 2.75) is 26.6 Å². The van der Waals surface area contributed by atoms with Crippen molar-refractivity contribution in [1.29, 1.82) is 0 Å². The van der Waals surface area contributed by atoms with Gasteiger partial charge in [-0.25, -0.2) is 0 Å². The lowest BCUT2D eigenvalue weighted by atomic mass is 10.1. The number of aryl methyl sites for hydroxylation is 1. The number of nitrogens with zero attached hydrogens (tertiary/aromatic N) is 5. The lowest BCUT2D eigenvalue weighted by molar-refractivity contribution is -0.389. The summed E-state index contributed by atoms with van der Waals surface area (Å²) in [5.74, 6) is -0.707. The van der Waals surface area contributed by atoms with Gasteiger partial charge in [-0.2, -0.15) is 9.78 Å². The van der Waals surface area contributed by atoms with E-state index < -0.39 is 22.6 Å². The van der Waals surface area contributed by atoms with Gasteiger partial charge in [0.05, 0.1) is 36.3 Å². The standard InChI is InChI=1S/C22H20ClN7O5/c1-2-28-13-18(19(26-28)22(32)24-10-16-4-3-9-35-16)25-21(31)15-7-5-14(6-8-15)11-29-12-17(23)20(27-29)30(33)34/h3-9,12-13H,2,10-11H2,1H3,(H,24,32)(H,25,31). The second-order valence-corrected chi connectivity index (χ2v) is 7.82. The molecule has 0 bridgehead atoms. The van der Waals surface area contributed by atoms with E-state index in [9.17, 15) is 19.7 Å². The zero-order valence-corrected chi connectivity index (χ0v) is 19.2. The first-order valence-corrected chi connectivity index (χ1v) is 10.9. The molecule has 4 aromatic rings. The summed E-state index contributed by atoms with van der Waals surface area (Å²) in [6.45, 7) is 2.80. The van der Waals surface area contributed by atoms with Gasteiger partial charge in [-0.1, -0.05) is 23.7 Å². The van der Waals surface area contributed by atoms with Gasteiger partial charge in [0, 0.05) is 18.3 Å². The van der Waals surface area contributed by atoms with Gasteiger partial charge in [-0.3, -0.25) is 14.3 Å². The third kappa shape index (κ3) is 5.55. The number of benzene rings is 1. The molecular weight excluding hydrogens is 478 g/mol. The predicted octanol–water partition coefficient (Wildman–Crippen LogP) is 3.48. The second kappa shape index (κ2) is 10.2. The fourth-order valence-electron chi connectivity index (χ4n) is 3.24. The van der Waals surface area contributed by atoms with E-state index in [0.29, 0.717) is 17.9 Å². The first-order valence-electron chi connectivity index (χ1n) is 10.5. The van der Waals surface area contributed by atoms with Crippen LogP contribution in [0.1, 0.15) is 39.1 Å². The first-order chi connectivity index (χ1) is 16.8. The summed E-state index contributed by atoms with van der Waals surface area (Å²) in [7, 11) is 0. The first kappa shape index (κ1) is 23.7. The molecule has 0 aliphatic carbocycles. The number of nitrogens with one attached hydrogen (secondary N) is 2. The quantitative estimate of drug-likeness (QED) is 0.265. The minimum Gasteiger partial charge on any atom is -0.467 e. The minimum atomic E-state index is -0.654. The summed E-state index contributed by atoms with van der Waals surface area (Å²) in [5, 5.41) is 24.4. The molecule has 13 heteroatoms. The Labute approximate surface area is 203 Å². The number of amides is 2. The van der Waals surface area contributed by atoms with Crippen molar-refractivity contribution in [3.05, 3.63) is 92.8 Å². The van der Waals surface area contributed by atoms with Crippen LogP contribution >= 0.6 is 11.6 Å². The van der Waals surface area contributed by atoms with E-state index >= 15 is 0 Å². The number of carbonyl (C=O) groups excluding carboxylic acids is 2. The average molecular weight is 498 g/mol. The Bertz CT molecular complexity index is 1360. The fraction of sp³-hybridized carbons (Fsp3) is 0.182. The highest BCUT2D eigenvalue weighted by atomic mass is 35.5. The van der Waals surface area contributed by atoms with E-state index in [1.165, 1.54) is 17.1 Å². The molecule has 1 aromatic carbocycles. The van der Waals surface area contributed by atoms with Crippen molar-refractivity contribution in [2.24, 2.45) is 0 Å². The summed E-state index contributed by atoms with van der Waals surface area (Å²) in [6.07, 6.45) is 4.46. The van der Waals surface area contributed by atoms with Crippen molar-refractivity contribution in [1.82, 2.24) is 24.9 Å². The molecule has 0 spiro atoms. The largest absolute Gasteiger partial charge is 0.467 e. The Balaban J connectivity index is 1.43. The van der Waals surface area contributed by atoms with Crippen LogP contribution in [0.5, 0.6) is 0 Å². The molecule has 2 amide bonds. The maximum absolute atomic E-state index is 12.8. The Hall–Kier alpha value is -4.45. The maximum Gasteiger partial charge on any atom is 0.408 e. The van der Waals surface area contributed by atoms with Gasteiger partial charge in [-0.05, 0) is 41.7 Å². The highest BCUT2D eigenvalue weighted by molar-refractivity contribution is 6.32. The molecule has 0 saturated heterocycles. The number of hydrogen-bond donors (Lipinski definition) is 2. The van der Waals surface area contributed by atoms with Gasteiger partial charge >= 0.3 is 5.82 Å². The molecule has 3 aromatic heterocycles. The van der Waals surface area contributed by atoms with E-state index in [2.05, 4.69) is 20.8 Å². The van der Waals surface area contributed by atoms with Gasteiger partial charge < -0.3 is 25.2 Å². The van der Waals surface area contributed by atoms with E-state index in [4.69, 9.17) is 16.0 Å².